The lowest BCUT2D eigenvalue weighted by Gasteiger charge is -2.27. The first-order valence-electron chi connectivity index (χ1n) is 7.07. The molecule has 0 radical (unpaired) electrons. The summed E-state index contributed by atoms with van der Waals surface area (Å²) in [4.78, 5) is 11.7. The number of methoxy groups -OCH3 is 1. The zero-order chi connectivity index (χ0) is 13.4. The fourth-order valence-corrected chi connectivity index (χ4v) is 2.61. The number of nitrogens with one attached hydrogen (secondary N) is 1. The van der Waals surface area contributed by atoms with Crippen molar-refractivity contribution in [1.29, 1.82) is 0 Å². The SMILES string of the molecule is CCNC(C)(CCCOC1CCCC1)C(=O)OC. The van der Waals surface area contributed by atoms with Crippen molar-refractivity contribution in [2.24, 2.45) is 0 Å². The third-order valence-corrected chi connectivity index (χ3v) is 3.68. The van der Waals surface area contributed by atoms with E-state index in [9.17, 15) is 4.79 Å². The average Bonchev–Trinajstić information content (AvgIpc) is 2.87. The summed E-state index contributed by atoms with van der Waals surface area (Å²) in [7, 11) is 1.44. The van der Waals surface area contributed by atoms with Gasteiger partial charge < -0.3 is 14.8 Å². The normalized spacial score (nSPS) is 19.7. The molecular formula is C14H27NO3. The van der Waals surface area contributed by atoms with Crippen LogP contribution in [0.25, 0.3) is 0 Å². The number of esters is 1. The van der Waals surface area contributed by atoms with Gasteiger partial charge in [-0.15, -0.1) is 0 Å². The highest BCUT2D eigenvalue weighted by molar-refractivity contribution is 5.80. The van der Waals surface area contributed by atoms with Crippen molar-refractivity contribution < 1.29 is 14.3 Å². The summed E-state index contributed by atoms with van der Waals surface area (Å²) in [5.74, 6) is -0.190. The van der Waals surface area contributed by atoms with Gasteiger partial charge in [0.05, 0.1) is 13.2 Å². The van der Waals surface area contributed by atoms with Crippen LogP contribution in [0.3, 0.4) is 0 Å². The molecule has 1 rings (SSSR count). The van der Waals surface area contributed by atoms with E-state index in [1.165, 1.54) is 32.8 Å². The van der Waals surface area contributed by atoms with Crippen molar-refractivity contribution in [1.82, 2.24) is 5.32 Å². The molecule has 1 saturated carbocycles. The molecule has 106 valence electrons. The molecule has 0 amide bonds. The summed E-state index contributed by atoms with van der Waals surface area (Å²) >= 11 is 0. The predicted molar refractivity (Wildman–Crippen MR) is 71.5 cm³/mol. The van der Waals surface area contributed by atoms with Crippen molar-refractivity contribution >= 4 is 5.97 Å². The molecular weight excluding hydrogens is 230 g/mol. The molecule has 0 heterocycles. The van der Waals surface area contributed by atoms with Crippen molar-refractivity contribution in [3.63, 3.8) is 0 Å². The fraction of sp³-hybridized carbons (Fsp3) is 0.929. The van der Waals surface area contributed by atoms with E-state index in [-0.39, 0.29) is 5.97 Å². The molecule has 0 aromatic heterocycles. The summed E-state index contributed by atoms with van der Waals surface area (Å²) in [6.45, 7) is 5.39. The highest BCUT2D eigenvalue weighted by atomic mass is 16.5. The first-order chi connectivity index (χ1) is 8.62. The van der Waals surface area contributed by atoms with Gasteiger partial charge in [-0.05, 0) is 39.2 Å². The Morgan fingerprint density at radius 2 is 2.06 bits per heavy atom. The molecule has 1 aliphatic rings. The Bertz CT molecular complexity index is 251. The smallest absolute Gasteiger partial charge is 0.325 e. The van der Waals surface area contributed by atoms with Crippen LogP contribution >= 0.6 is 0 Å². The van der Waals surface area contributed by atoms with Gasteiger partial charge in [0, 0.05) is 6.61 Å². The average molecular weight is 257 g/mol. The molecule has 0 aliphatic heterocycles. The van der Waals surface area contributed by atoms with Gasteiger partial charge in [-0.2, -0.15) is 0 Å². The molecule has 0 aromatic rings. The van der Waals surface area contributed by atoms with Crippen LogP contribution in [-0.4, -0.2) is 37.9 Å². The minimum Gasteiger partial charge on any atom is -0.468 e. The molecule has 0 spiro atoms. The standard InChI is InChI=1S/C14H27NO3/c1-4-15-14(2,13(16)17-3)10-7-11-18-12-8-5-6-9-12/h12,15H,4-11H2,1-3H3. The van der Waals surface area contributed by atoms with E-state index in [2.05, 4.69) is 5.32 Å². The molecule has 18 heavy (non-hydrogen) atoms. The van der Waals surface area contributed by atoms with E-state index in [1.54, 1.807) is 0 Å². The van der Waals surface area contributed by atoms with Crippen LogP contribution in [0.4, 0.5) is 0 Å². The molecule has 4 nitrogen and oxygen atoms in total. The highest BCUT2D eigenvalue weighted by Gasteiger charge is 2.32. The van der Waals surface area contributed by atoms with Crippen LogP contribution in [0.5, 0.6) is 0 Å². The molecule has 0 saturated heterocycles. The second-order valence-electron chi connectivity index (χ2n) is 5.23. The van der Waals surface area contributed by atoms with Gasteiger partial charge in [0.1, 0.15) is 5.54 Å². The second-order valence-corrected chi connectivity index (χ2v) is 5.23. The van der Waals surface area contributed by atoms with Crippen LogP contribution in [0.15, 0.2) is 0 Å². The van der Waals surface area contributed by atoms with Gasteiger partial charge in [-0.3, -0.25) is 4.79 Å². The number of ether oxygens (including phenoxy) is 2. The summed E-state index contributed by atoms with van der Waals surface area (Å²) in [5, 5.41) is 3.21. The van der Waals surface area contributed by atoms with Crippen LogP contribution in [0, 0.1) is 0 Å². The Labute approximate surface area is 110 Å². The van der Waals surface area contributed by atoms with Crippen LogP contribution < -0.4 is 5.32 Å². The van der Waals surface area contributed by atoms with E-state index < -0.39 is 5.54 Å². The third-order valence-electron chi connectivity index (χ3n) is 3.68. The molecule has 1 N–H and O–H groups in total. The number of likely N-dealkylation sites (N-methyl/N-ethyl adjacent to an activating group) is 1. The molecule has 1 aliphatic carbocycles. The zero-order valence-corrected chi connectivity index (χ0v) is 12.0. The number of hydrogen-bond donors (Lipinski definition) is 1. The van der Waals surface area contributed by atoms with E-state index in [0.717, 1.165) is 26.0 Å². The zero-order valence-electron chi connectivity index (χ0n) is 12.0. The molecule has 1 fully saturated rings. The quantitative estimate of drug-likeness (QED) is 0.535. The lowest BCUT2D eigenvalue weighted by atomic mass is 9.96. The maximum Gasteiger partial charge on any atom is 0.325 e. The van der Waals surface area contributed by atoms with E-state index in [4.69, 9.17) is 9.47 Å². The van der Waals surface area contributed by atoms with Gasteiger partial charge in [-0.1, -0.05) is 19.8 Å². The second kappa shape index (κ2) is 7.74. The van der Waals surface area contributed by atoms with Crippen LogP contribution in [-0.2, 0) is 14.3 Å². The first-order valence-corrected chi connectivity index (χ1v) is 7.07. The predicted octanol–water partition coefficient (Wildman–Crippen LogP) is 2.27. The molecule has 4 heteroatoms. The lowest BCUT2D eigenvalue weighted by Crippen LogP contribution is -2.50. The Balaban J connectivity index is 2.26. The Hall–Kier alpha value is -0.610. The van der Waals surface area contributed by atoms with Gasteiger partial charge in [0.2, 0.25) is 0 Å². The van der Waals surface area contributed by atoms with Crippen LogP contribution in [0.2, 0.25) is 0 Å². The van der Waals surface area contributed by atoms with Crippen molar-refractivity contribution in [2.75, 3.05) is 20.3 Å². The van der Waals surface area contributed by atoms with E-state index in [0.29, 0.717) is 6.10 Å². The van der Waals surface area contributed by atoms with Gasteiger partial charge in [0.15, 0.2) is 0 Å². The largest absolute Gasteiger partial charge is 0.468 e. The number of carbonyl (C=O) groups excluding carboxylic acids is 1. The van der Waals surface area contributed by atoms with Crippen molar-refractivity contribution in [3.05, 3.63) is 0 Å². The minimum atomic E-state index is -0.581. The maximum atomic E-state index is 11.7. The maximum absolute atomic E-state index is 11.7. The number of carbonyl (C=O) groups is 1. The van der Waals surface area contributed by atoms with Gasteiger partial charge in [0.25, 0.3) is 0 Å². The van der Waals surface area contributed by atoms with Gasteiger partial charge >= 0.3 is 5.97 Å². The first kappa shape index (κ1) is 15.4. The molecule has 1 unspecified atom stereocenters. The van der Waals surface area contributed by atoms with E-state index >= 15 is 0 Å². The fourth-order valence-electron chi connectivity index (χ4n) is 2.61. The monoisotopic (exact) mass is 257 g/mol. The number of hydrogen-bond acceptors (Lipinski definition) is 4. The number of rotatable bonds is 8. The lowest BCUT2D eigenvalue weighted by molar-refractivity contribution is -0.148. The molecule has 0 aromatic carbocycles. The minimum absolute atomic E-state index is 0.190. The summed E-state index contributed by atoms with van der Waals surface area (Å²) in [5.41, 5.74) is -0.581. The topological polar surface area (TPSA) is 47.6 Å². The Morgan fingerprint density at radius 1 is 1.39 bits per heavy atom. The molecule has 0 bridgehead atoms. The van der Waals surface area contributed by atoms with E-state index in [1.807, 2.05) is 13.8 Å². The van der Waals surface area contributed by atoms with Crippen LogP contribution in [0.1, 0.15) is 52.4 Å². The van der Waals surface area contributed by atoms with Crippen molar-refractivity contribution in [2.45, 2.75) is 64.0 Å². The van der Waals surface area contributed by atoms with Gasteiger partial charge in [-0.25, -0.2) is 0 Å². The Morgan fingerprint density at radius 3 is 2.61 bits per heavy atom. The van der Waals surface area contributed by atoms with Crippen molar-refractivity contribution in [3.8, 4) is 0 Å². The summed E-state index contributed by atoms with van der Waals surface area (Å²) in [6, 6.07) is 0. The molecule has 1 atom stereocenters. The summed E-state index contributed by atoms with van der Waals surface area (Å²) < 4.78 is 10.7. The Kier molecular flexibility index (Phi) is 6.65. The summed E-state index contributed by atoms with van der Waals surface area (Å²) in [6.07, 6.45) is 7.07. The third kappa shape index (κ3) is 4.58. The highest BCUT2D eigenvalue weighted by Crippen LogP contribution is 2.22.